The van der Waals surface area contributed by atoms with Crippen molar-refractivity contribution in [2.45, 2.75) is 160 Å². The molecule has 93 heavy (non-hydrogen) atoms. The number of nitrogens with two attached hydrogens (primary N) is 2. The summed E-state index contributed by atoms with van der Waals surface area (Å²) >= 11 is 0. The zero-order valence-electron chi connectivity index (χ0n) is 52.7. The van der Waals surface area contributed by atoms with Crippen LogP contribution in [0.1, 0.15) is 125 Å². The van der Waals surface area contributed by atoms with E-state index in [4.69, 9.17) is 26.0 Å². The second kappa shape index (κ2) is 30.2. The van der Waals surface area contributed by atoms with E-state index in [2.05, 4.69) is 47.4 Å². The molecule has 0 bridgehead atoms. The first-order valence-corrected chi connectivity index (χ1v) is 30.8. The fourth-order valence-corrected chi connectivity index (χ4v) is 11.4. The number of ketones is 1. The number of rotatable bonds is 23. The Hall–Kier alpha value is -10.3. The Morgan fingerprint density at radius 2 is 1.43 bits per heavy atom. The Kier molecular flexibility index (Phi) is 22.3. The summed E-state index contributed by atoms with van der Waals surface area (Å²) in [6, 6.07) is 17.6. The summed E-state index contributed by atoms with van der Waals surface area (Å²) < 4.78 is 7.29. The highest BCUT2D eigenvalue weighted by Gasteiger charge is 2.49. The van der Waals surface area contributed by atoms with Crippen molar-refractivity contribution in [3.05, 3.63) is 134 Å². The maximum Gasteiger partial charge on any atom is 0.317 e. The number of hydrogen-bond donors (Lipinski definition) is 10. The van der Waals surface area contributed by atoms with Gasteiger partial charge in [-0.1, -0.05) is 98.7 Å². The van der Waals surface area contributed by atoms with Gasteiger partial charge in [-0.25, -0.2) is 4.98 Å². The number of nitrogens with zero attached hydrogens (tertiary/aromatic N) is 4. The summed E-state index contributed by atoms with van der Waals surface area (Å²) in [5.41, 5.74) is 13.8. The molecule has 3 aliphatic rings. The number of Topliss-reactive ketones (excluding diaryl/α,β-unsaturated/α-hetero) is 1. The number of nitrogens with one attached hydrogen (secondary N) is 7. The number of benzene rings is 3. The number of carbonyl (C=O) groups is 10. The first-order chi connectivity index (χ1) is 44.2. The lowest BCUT2D eigenvalue weighted by molar-refractivity contribution is -0.156. The number of cyclic esters (lactones) is 1. The maximum absolute atomic E-state index is 14.6. The molecule has 3 aliphatic heterocycles. The molecule has 12 N–H and O–H groups in total. The number of fused-ring (bicyclic) bond motifs is 5. The largest absolute Gasteiger partial charge is 0.481 e. The molecule has 492 valence electrons. The monoisotopic (exact) mass is 1280 g/mol. The van der Waals surface area contributed by atoms with Gasteiger partial charge in [-0.2, -0.15) is 0 Å². The van der Waals surface area contributed by atoms with Crippen LogP contribution in [0.4, 0.5) is 0 Å². The van der Waals surface area contributed by atoms with Crippen molar-refractivity contribution in [3.8, 4) is 11.4 Å². The third-order valence-electron chi connectivity index (χ3n) is 16.3. The number of pyridine rings is 2. The first kappa shape index (κ1) is 68.6. The number of para-hydroxylation sites is 1. The molecule has 0 saturated carbocycles. The molecule has 0 spiro atoms. The third-order valence-corrected chi connectivity index (χ3v) is 16.3. The highest BCUT2D eigenvalue weighted by molar-refractivity contribution is 6.03. The number of aliphatic carboxylic acids is 1. The molecule has 27 nitrogen and oxygen atoms in total. The van der Waals surface area contributed by atoms with Crippen LogP contribution in [0.15, 0.2) is 99.9 Å². The zero-order chi connectivity index (χ0) is 67.3. The van der Waals surface area contributed by atoms with Gasteiger partial charge in [-0.3, -0.25) is 57.7 Å². The van der Waals surface area contributed by atoms with E-state index in [1.54, 1.807) is 92.2 Å². The molecule has 1 fully saturated rings. The summed E-state index contributed by atoms with van der Waals surface area (Å²) in [6.45, 7) is 10.1. The highest BCUT2D eigenvalue weighted by Crippen LogP contribution is 2.43. The lowest BCUT2D eigenvalue weighted by atomic mass is 9.70. The number of oxime groups is 1. The zero-order valence-corrected chi connectivity index (χ0v) is 52.7. The predicted molar refractivity (Wildman–Crippen MR) is 341 cm³/mol. The lowest BCUT2D eigenvalue weighted by Gasteiger charge is -2.37. The number of aliphatic imine (C=N–C) groups is 1. The Labute approximate surface area is 536 Å². The standard InChI is InChI=1S/C66H79N13O14/c1-7-66(44-28-50-57-42(34-79(50)62(90)43(44)35-92-63(66)91)41(32-72-93-65(4,5)6)40-16-11-12-17-45(40)74-57)30-51(80)56(36(2)3)78-53(82)24-23-52(81)70-31-39-21-19-38(20-22-39)27-48-59(87)75-46(18-13-25-69-64(67)68)58(86)71-33-54(83)73-49(29-55(84)85)61(89)77-47(60(88)76-48)26-37-14-9-8-10-15-37/h8-12,14-17,19-22,28,32,36,46-49,56H,7,13,18,23-27,29-31,33-35H2,1-6H3,(H,70,81)(H,71,86)(H,73,83)(H,75,87)(H,76,88)(H,77,89)(H,78,82)(H,84,85)(H4,67,68,69)/t46-,47?,48-,49-,56-,66-/m0/s1. The van der Waals surface area contributed by atoms with E-state index in [9.17, 15) is 57.8 Å². The number of esters is 1. The average Bonchev–Trinajstić information content (AvgIpc) is 1.63. The second-order valence-corrected chi connectivity index (χ2v) is 24.6. The van der Waals surface area contributed by atoms with E-state index in [1.165, 1.54) is 0 Å². The van der Waals surface area contributed by atoms with E-state index >= 15 is 0 Å². The maximum atomic E-state index is 14.6. The normalized spacial score (nSPS) is 19.6. The van der Waals surface area contributed by atoms with Crippen molar-refractivity contribution in [2.75, 3.05) is 13.1 Å². The van der Waals surface area contributed by atoms with Gasteiger partial charge in [0.05, 0.1) is 54.2 Å². The van der Waals surface area contributed by atoms with Crippen molar-refractivity contribution in [3.63, 3.8) is 0 Å². The van der Waals surface area contributed by atoms with Gasteiger partial charge in [0.2, 0.25) is 41.4 Å². The topological polar surface area (TPSA) is 405 Å². The molecule has 0 radical (unpaired) electrons. The lowest BCUT2D eigenvalue weighted by Crippen LogP contribution is -2.58. The Balaban J connectivity index is 0.929. The molecular formula is C66H79N13O14. The molecule has 8 rings (SSSR count). The Morgan fingerprint density at radius 1 is 0.806 bits per heavy atom. The highest BCUT2D eigenvalue weighted by atomic mass is 16.6. The van der Waals surface area contributed by atoms with Crippen LogP contribution in [0, 0.1) is 5.92 Å². The third kappa shape index (κ3) is 17.4. The minimum atomic E-state index is -1.66. The number of ether oxygens (including phenoxy) is 1. The van der Waals surface area contributed by atoms with Crippen LogP contribution in [0.3, 0.4) is 0 Å². The van der Waals surface area contributed by atoms with E-state index in [0.717, 1.165) is 16.5 Å². The van der Waals surface area contributed by atoms with Crippen LogP contribution in [0.5, 0.6) is 0 Å². The second-order valence-electron chi connectivity index (χ2n) is 24.6. The smallest absolute Gasteiger partial charge is 0.317 e. The quantitative estimate of drug-likeness (QED) is 0.0144. The molecule has 2 aromatic heterocycles. The van der Waals surface area contributed by atoms with Crippen LogP contribution >= 0.6 is 0 Å². The van der Waals surface area contributed by atoms with Gasteiger partial charge in [0.15, 0.2) is 11.7 Å². The molecule has 1 saturated heterocycles. The minimum absolute atomic E-state index is 0.00968. The number of carbonyl (C=O) groups excluding carboxylic acids is 9. The van der Waals surface area contributed by atoms with Gasteiger partial charge >= 0.3 is 11.9 Å². The first-order valence-electron chi connectivity index (χ1n) is 30.8. The van der Waals surface area contributed by atoms with Crippen LogP contribution in [0.2, 0.25) is 0 Å². The molecule has 3 aromatic carbocycles. The molecule has 5 heterocycles. The van der Waals surface area contributed by atoms with E-state index < -0.39 is 131 Å². The predicted octanol–water partition coefficient (Wildman–Crippen LogP) is 1.86. The molecule has 27 heteroatoms. The fourth-order valence-electron chi connectivity index (χ4n) is 11.4. The van der Waals surface area contributed by atoms with Gasteiger partial charge in [0.25, 0.3) is 5.56 Å². The van der Waals surface area contributed by atoms with Gasteiger partial charge in [0.1, 0.15) is 41.8 Å². The van der Waals surface area contributed by atoms with Crippen LogP contribution in [0.25, 0.3) is 22.3 Å². The van der Waals surface area contributed by atoms with Crippen molar-refractivity contribution >= 4 is 82.1 Å². The van der Waals surface area contributed by atoms with Crippen molar-refractivity contribution in [2.24, 2.45) is 27.5 Å². The summed E-state index contributed by atoms with van der Waals surface area (Å²) in [7, 11) is 0. The van der Waals surface area contributed by atoms with E-state index in [-0.39, 0.29) is 82.7 Å². The molecule has 0 aliphatic carbocycles. The summed E-state index contributed by atoms with van der Waals surface area (Å²) in [5.74, 6) is -8.73. The summed E-state index contributed by atoms with van der Waals surface area (Å²) in [6.07, 6.45) is -0.234. The van der Waals surface area contributed by atoms with Gasteiger partial charge < -0.3 is 67.9 Å². The number of carboxylic acid groups (broad SMARTS) is 1. The van der Waals surface area contributed by atoms with Crippen LogP contribution in [-0.4, -0.2) is 135 Å². The fraction of sp³-hybridized carbons (Fsp3) is 0.424. The summed E-state index contributed by atoms with van der Waals surface area (Å²) in [5, 5.41) is 33.0. The molecule has 7 amide bonds. The van der Waals surface area contributed by atoms with Gasteiger partial charge in [-0.15, -0.1) is 0 Å². The minimum Gasteiger partial charge on any atom is -0.481 e. The van der Waals surface area contributed by atoms with E-state index in [0.29, 0.717) is 39.2 Å². The summed E-state index contributed by atoms with van der Waals surface area (Å²) in [4.78, 5) is 166. The van der Waals surface area contributed by atoms with Crippen molar-refractivity contribution in [1.29, 1.82) is 0 Å². The average molecular weight is 1280 g/mol. The Bertz CT molecular complexity index is 3820. The number of aromatic nitrogens is 2. The molecular weight excluding hydrogens is 1200 g/mol. The number of carboxylic acids is 1. The SMILES string of the molecule is CC[C@@]1(CC(=O)[C@@H](NC(=O)CCC(=O)NCc2ccc(C[C@@H]3NC(=O)C(Cc4ccccc4)NC(=O)[C@H](CC(=O)O)NC(=O)CNC(=O)[C@H](CCCN=C(N)N)NC3=O)cc2)C(C)C)C(=O)OCc2c1cc1n(c2=O)Cc2c-1nc1ccccc1c2C=NOC(C)(C)C. The molecule has 6 atom stereocenters. The molecule has 5 aromatic rings. The number of amides is 7. The Morgan fingerprint density at radius 3 is 2.08 bits per heavy atom. The van der Waals surface area contributed by atoms with Crippen LogP contribution < -0.4 is 54.2 Å². The number of guanidine groups is 1. The molecule has 1 unspecified atom stereocenters. The van der Waals surface area contributed by atoms with Gasteiger partial charge in [-0.05, 0) is 80.3 Å². The van der Waals surface area contributed by atoms with Gasteiger partial charge in [0, 0.05) is 61.7 Å². The van der Waals surface area contributed by atoms with Crippen molar-refractivity contribution < 1.29 is 62.6 Å². The van der Waals surface area contributed by atoms with E-state index in [1.807, 2.05) is 45.0 Å². The van der Waals surface area contributed by atoms with Crippen molar-refractivity contribution in [1.82, 2.24) is 46.8 Å². The number of hydrogen-bond acceptors (Lipinski definition) is 16. The van der Waals surface area contributed by atoms with Crippen LogP contribution in [-0.2, 0) is 95.5 Å².